The second-order valence-corrected chi connectivity index (χ2v) is 10.0. The number of thioether (sulfide) groups is 1. The fourth-order valence-corrected chi connectivity index (χ4v) is 4.51. The van der Waals surface area contributed by atoms with E-state index in [1.165, 1.54) is 11.8 Å². The predicted molar refractivity (Wildman–Crippen MR) is 143 cm³/mol. The topological polar surface area (TPSA) is 88.9 Å². The number of anilines is 1. The van der Waals surface area contributed by atoms with Crippen LogP contribution in [0.5, 0.6) is 0 Å². The summed E-state index contributed by atoms with van der Waals surface area (Å²) in [5.41, 5.74) is 0.920. The number of amides is 2. The zero-order valence-corrected chi connectivity index (χ0v) is 22.2. The van der Waals surface area contributed by atoms with Crippen molar-refractivity contribution in [3.63, 3.8) is 0 Å². The third-order valence-electron chi connectivity index (χ3n) is 4.94. The number of nitrogens with one attached hydrogen (secondary N) is 2. The molecule has 3 rings (SSSR count). The smallest absolute Gasteiger partial charge is 0.253 e. The van der Waals surface area contributed by atoms with Crippen molar-refractivity contribution < 1.29 is 9.59 Å². The fourth-order valence-electron chi connectivity index (χ4n) is 3.23. The van der Waals surface area contributed by atoms with E-state index in [0.717, 1.165) is 0 Å². The van der Waals surface area contributed by atoms with E-state index in [9.17, 15) is 9.59 Å². The van der Waals surface area contributed by atoms with Gasteiger partial charge in [0, 0.05) is 12.2 Å². The van der Waals surface area contributed by atoms with Crippen LogP contribution >= 0.6 is 46.6 Å². The van der Waals surface area contributed by atoms with E-state index in [1.54, 1.807) is 48.5 Å². The molecule has 2 amide bonds. The van der Waals surface area contributed by atoms with Gasteiger partial charge in [-0.15, -0.1) is 16.8 Å². The summed E-state index contributed by atoms with van der Waals surface area (Å²) in [6.07, 6.45) is 1.71. The maximum Gasteiger partial charge on any atom is 0.253 e. The van der Waals surface area contributed by atoms with Crippen LogP contribution in [0.15, 0.2) is 60.3 Å². The second kappa shape index (κ2) is 12.4. The standard InChI is InChI=1S/C24H24Cl3N5O2S/c1-4-11-32-22(21(14(2)3)29-23(34)16-7-5-6-8-17(16)25)30-31-24(32)35-13-20(33)28-15-9-10-18(26)19(27)12-15/h4-10,12,14,21H,1,11,13H2,2-3H3,(H,28,33)(H,29,34)/t21-/m1/s1. The summed E-state index contributed by atoms with van der Waals surface area (Å²) in [6, 6.07) is 11.3. The molecule has 0 aliphatic heterocycles. The highest BCUT2D eigenvalue weighted by atomic mass is 35.5. The number of allylic oxidation sites excluding steroid dienone is 1. The van der Waals surface area contributed by atoms with E-state index in [0.29, 0.717) is 43.8 Å². The lowest BCUT2D eigenvalue weighted by Gasteiger charge is -2.23. The maximum absolute atomic E-state index is 12.9. The number of halogens is 3. The molecule has 1 aromatic heterocycles. The van der Waals surface area contributed by atoms with E-state index in [-0.39, 0.29) is 23.5 Å². The molecule has 2 N–H and O–H groups in total. The van der Waals surface area contributed by atoms with Gasteiger partial charge in [0.1, 0.15) is 0 Å². The minimum Gasteiger partial charge on any atom is -0.342 e. The first-order chi connectivity index (χ1) is 16.7. The second-order valence-electron chi connectivity index (χ2n) is 7.88. The maximum atomic E-state index is 12.9. The largest absolute Gasteiger partial charge is 0.342 e. The summed E-state index contributed by atoms with van der Waals surface area (Å²) < 4.78 is 1.83. The van der Waals surface area contributed by atoms with Gasteiger partial charge in [0.2, 0.25) is 5.91 Å². The van der Waals surface area contributed by atoms with Gasteiger partial charge in [0.25, 0.3) is 5.91 Å². The van der Waals surface area contributed by atoms with Gasteiger partial charge in [-0.25, -0.2) is 0 Å². The molecule has 0 saturated carbocycles. The monoisotopic (exact) mass is 551 g/mol. The highest BCUT2D eigenvalue weighted by Crippen LogP contribution is 2.28. The van der Waals surface area contributed by atoms with Crippen molar-refractivity contribution in [3.05, 3.63) is 81.6 Å². The van der Waals surface area contributed by atoms with Crippen molar-refractivity contribution >= 4 is 64.1 Å². The Morgan fingerprint density at radius 2 is 1.83 bits per heavy atom. The third kappa shape index (κ3) is 7.01. The Labute approximate surface area is 223 Å². The first kappa shape index (κ1) is 27.1. The minimum absolute atomic E-state index is 0.00463. The number of carbonyl (C=O) groups is 2. The molecule has 0 bridgehead atoms. The quantitative estimate of drug-likeness (QED) is 0.228. The number of aromatic nitrogens is 3. The highest BCUT2D eigenvalue weighted by molar-refractivity contribution is 7.99. The molecular formula is C24H24Cl3N5O2S. The molecular weight excluding hydrogens is 529 g/mol. The number of rotatable bonds is 10. The van der Waals surface area contributed by atoms with E-state index in [2.05, 4.69) is 27.4 Å². The van der Waals surface area contributed by atoms with Gasteiger partial charge < -0.3 is 15.2 Å². The highest BCUT2D eigenvalue weighted by Gasteiger charge is 2.27. The van der Waals surface area contributed by atoms with Crippen LogP contribution < -0.4 is 10.6 Å². The molecule has 0 aliphatic carbocycles. The van der Waals surface area contributed by atoms with Crippen molar-refractivity contribution in [1.82, 2.24) is 20.1 Å². The van der Waals surface area contributed by atoms with Crippen LogP contribution in [-0.2, 0) is 11.3 Å². The number of hydrogen-bond donors (Lipinski definition) is 2. The Bertz CT molecular complexity index is 1230. The van der Waals surface area contributed by atoms with Crippen LogP contribution in [0, 0.1) is 5.92 Å². The van der Waals surface area contributed by atoms with Crippen LogP contribution in [0.3, 0.4) is 0 Å². The molecule has 35 heavy (non-hydrogen) atoms. The van der Waals surface area contributed by atoms with Gasteiger partial charge in [-0.3, -0.25) is 9.59 Å². The molecule has 11 heteroatoms. The van der Waals surface area contributed by atoms with Crippen molar-refractivity contribution in [2.75, 3.05) is 11.1 Å². The van der Waals surface area contributed by atoms with Gasteiger partial charge in [-0.1, -0.05) is 78.6 Å². The zero-order valence-electron chi connectivity index (χ0n) is 19.1. The van der Waals surface area contributed by atoms with Crippen LogP contribution in [0.1, 0.15) is 36.1 Å². The molecule has 0 radical (unpaired) electrons. The first-order valence-corrected chi connectivity index (χ1v) is 12.8. The molecule has 3 aromatic rings. The Kier molecular flexibility index (Phi) is 9.63. The Morgan fingerprint density at radius 3 is 2.49 bits per heavy atom. The minimum atomic E-state index is -0.439. The van der Waals surface area contributed by atoms with E-state index >= 15 is 0 Å². The Balaban J connectivity index is 1.76. The zero-order chi connectivity index (χ0) is 25.5. The molecule has 0 unspecified atom stereocenters. The summed E-state index contributed by atoms with van der Waals surface area (Å²) in [5.74, 6) is 0.110. The van der Waals surface area contributed by atoms with Crippen molar-refractivity contribution in [3.8, 4) is 0 Å². The summed E-state index contributed by atoms with van der Waals surface area (Å²) >= 11 is 19.4. The van der Waals surface area contributed by atoms with Crippen LogP contribution in [0.25, 0.3) is 0 Å². The number of benzene rings is 2. The van der Waals surface area contributed by atoms with Crippen molar-refractivity contribution in [2.24, 2.45) is 5.92 Å². The third-order valence-corrected chi connectivity index (χ3v) is 6.98. The number of hydrogen-bond acceptors (Lipinski definition) is 5. The number of carbonyl (C=O) groups excluding carboxylic acids is 2. The predicted octanol–water partition coefficient (Wildman–Crippen LogP) is 6.28. The fraction of sp³-hybridized carbons (Fsp3) is 0.250. The summed E-state index contributed by atoms with van der Waals surface area (Å²) in [5, 5.41) is 16.1. The Hall–Kier alpha value is -2.52. The van der Waals surface area contributed by atoms with Crippen molar-refractivity contribution in [2.45, 2.75) is 31.6 Å². The van der Waals surface area contributed by atoms with Gasteiger partial charge in [0.15, 0.2) is 11.0 Å². The van der Waals surface area contributed by atoms with Crippen molar-refractivity contribution in [1.29, 1.82) is 0 Å². The van der Waals surface area contributed by atoms with Crippen LogP contribution in [0.2, 0.25) is 15.1 Å². The molecule has 0 aliphatic rings. The summed E-state index contributed by atoms with van der Waals surface area (Å²) in [6.45, 7) is 8.17. The molecule has 184 valence electrons. The molecule has 0 fully saturated rings. The molecule has 7 nitrogen and oxygen atoms in total. The Morgan fingerprint density at radius 1 is 1.09 bits per heavy atom. The molecule has 0 spiro atoms. The molecule has 2 aromatic carbocycles. The lowest BCUT2D eigenvalue weighted by atomic mass is 10.0. The number of nitrogens with zero attached hydrogens (tertiary/aromatic N) is 3. The summed E-state index contributed by atoms with van der Waals surface area (Å²) in [4.78, 5) is 25.4. The summed E-state index contributed by atoms with van der Waals surface area (Å²) in [7, 11) is 0. The molecule has 1 heterocycles. The normalized spacial score (nSPS) is 11.8. The van der Waals surface area contributed by atoms with Gasteiger partial charge >= 0.3 is 0 Å². The van der Waals surface area contributed by atoms with Crippen LogP contribution in [-0.4, -0.2) is 32.3 Å². The lowest BCUT2D eigenvalue weighted by Crippen LogP contribution is -2.34. The van der Waals surface area contributed by atoms with Gasteiger partial charge in [0.05, 0.1) is 32.4 Å². The first-order valence-electron chi connectivity index (χ1n) is 10.7. The van der Waals surface area contributed by atoms with Crippen LogP contribution in [0.4, 0.5) is 5.69 Å². The van der Waals surface area contributed by atoms with Gasteiger partial charge in [-0.2, -0.15) is 0 Å². The lowest BCUT2D eigenvalue weighted by molar-refractivity contribution is -0.113. The van der Waals surface area contributed by atoms with Gasteiger partial charge in [-0.05, 0) is 36.2 Å². The van der Waals surface area contributed by atoms with E-state index < -0.39 is 6.04 Å². The van der Waals surface area contributed by atoms with E-state index in [4.69, 9.17) is 34.8 Å². The average molecular weight is 553 g/mol. The SMILES string of the molecule is C=CCn1c(SCC(=O)Nc2ccc(Cl)c(Cl)c2)nnc1[C@H](NC(=O)c1ccccc1Cl)C(C)C. The molecule has 0 saturated heterocycles. The molecule has 1 atom stereocenters. The average Bonchev–Trinajstić information content (AvgIpc) is 3.21. The van der Waals surface area contributed by atoms with E-state index in [1.807, 2.05) is 18.4 Å².